The van der Waals surface area contributed by atoms with E-state index in [1.165, 1.54) is 25.6 Å². The largest absolute Gasteiger partial charge is 0.462 e. The molecule has 0 aromatic carbocycles. The van der Waals surface area contributed by atoms with E-state index in [-0.39, 0.29) is 58.5 Å². The summed E-state index contributed by atoms with van der Waals surface area (Å²) in [6.45, 7) is 11.7. The Bertz CT molecular complexity index is 989. The quantitative estimate of drug-likeness (QED) is 0.134. The molecule has 0 aliphatic heterocycles. The monoisotopic (exact) mass is 529 g/mol. The Balaban J connectivity index is 1.57. The van der Waals surface area contributed by atoms with Gasteiger partial charge in [0.15, 0.2) is 0 Å². The van der Waals surface area contributed by atoms with Crippen LogP contribution in [0, 0.1) is 46.3 Å². The van der Waals surface area contributed by atoms with Crippen LogP contribution in [-0.4, -0.2) is 41.4 Å². The summed E-state index contributed by atoms with van der Waals surface area (Å²) >= 11 is 0. The van der Waals surface area contributed by atoms with Gasteiger partial charge >= 0.3 is 11.9 Å². The lowest BCUT2D eigenvalue weighted by atomic mass is 9.47. The second-order valence-electron chi connectivity index (χ2n) is 13.2. The van der Waals surface area contributed by atoms with Crippen molar-refractivity contribution in [3.8, 4) is 0 Å². The highest BCUT2D eigenvalue weighted by Gasteiger charge is 2.63. The topological polar surface area (TPSA) is 102 Å². The normalized spacial score (nSPS) is 39.8. The van der Waals surface area contributed by atoms with Gasteiger partial charge in [-0.3, -0.25) is 14.4 Å². The fraction of sp³-hybridized carbons (Fsp3) is 0.806. The second-order valence-corrected chi connectivity index (χ2v) is 13.2. The molecule has 7 heteroatoms. The fourth-order valence-electron chi connectivity index (χ4n) is 9.20. The zero-order valence-electron chi connectivity index (χ0n) is 24.1. The van der Waals surface area contributed by atoms with Crippen molar-refractivity contribution in [3.05, 3.63) is 11.6 Å². The number of rotatable bonds is 8. The Labute approximate surface area is 227 Å². The van der Waals surface area contributed by atoms with Gasteiger partial charge in [0.25, 0.3) is 0 Å². The molecule has 7 nitrogen and oxygen atoms in total. The molecule has 4 aliphatic carbocycles. The number of hydrogen-bond donors (Lipinski definition) is 1. The van der Waals surface area contributed by atoms with Gasteiger partial charge in [0.2, 0.25) is 0 Å². The average Bonchev–Trinajstić information content (AvgIpc) is 3.13. The molecule has 4 aliphatic rings. The predicted octanol–water partition coefficient (Wildman–Crippen LogP) is 6.12. The molecule has 3 saturated carbocycles. The summed E-state index contributed by atoms with van der Waals surface area (Å²) in [6, 6.07) is 0. The van der Waals surface area contributed by atoms with Crippen LogP contribution in [0.25, 0.3) is 0 Å². The molecule has 38 heavy (non-hydrogen) atoms. The van der Waals surface area contributed by atoms with Crippen LogP contribution >= 0.6 is 0 Å². The van der Waals surface area contributed by atoms with Gasteiger partial charge in [-0.25, -0.2) is 0 Å². The van der Waals surface area contributed by atoms with Gasteiger partial charge < -0.3 is 14.7 Å². The second kappa shape index (κ2) is 11.1. The summed E-state index contributed by atoms with van der Waals surface area (Å²) in [7, 11) is 0. The molecule has 3 fully saturated rings. The standard InChI is InChI=1S/C31H47NO6/c1-18(17-32-36)7-10-27(35)19(2)29-28(38-21(4)34)16-26-24-9-8-22-15-23(37-20(3)33)11-13-30(22,5)25(24)12-14-31(26,29)6/h8,17-19,23-26,28-29,36H,7,9-16H2,1-6H3/b32-17+/t18-,19+,23-,24+,25-,26-,28-,29-,30-,31-/m0/s1. The van der Waals surface area contributed by atoms with E-state index in [2.05, 4.69) is 25.1 Å². The van der Waals surface area contributed by atoms with Crippen molar-refractivity contribution in [3.63, 3.8) is 0 Å². The molecular weight excluding hydrogens is 482 g/mol. The van der Waals surface area contributed by atoms with Crippen molar-refractivity contribution in [2.75, 3.05) is 0 Å². The summed E-state index contributed by atoms with van der Waals surface area (Å²) in [5.41, 5.74) is 1.50. The van der Waals surface area contributed by atoms with Crippen molar-refractivity contribution in [2.45, 2.75) is 112 Å². The van der Waals surface area contributed by atoms with Crippen molar-refractivity contribution in [2.24, 2.45) is 51.5 Å². The number of Topliss-reactive ketones (excluding diaryl/α,β-unsaturated/α-hetero) is 1. The highest BCUT2D eigenvalue weighted by atomic mass is 16.5. The summed E-state index contributed by atoms with van der Waals surface area (Å²) in [6.07, 6.45) is 11.4. The van der Waals surface area contributed by atoms with Gasteiger partial charge in [-0.05, 0) is 79.4 Å². The van der Waals surface area contributed by atoms with Gasteiger partial charge in [0.1, 0.15) is 18.0 Å². The SMILES string of the molecule is CC(=O)O[C@H]1CC[C@@]2(C)C(=CC[C@H]3[C@@H]4C[C@H](OC(C)=O)[C@H]([C@H](C)C(=O)CC[C@H](C)/C=N/O)[C@@]4(C)CC[C@@H]32)C1. The van der Waals surface area contributed by atoms with Crippen LogP contribution in [0.15, 0.2) is 16.8 Å². The van der Waals surface area contributed by atoms with Gasteiger partial charge in [0.05, 0.1) is 0 Å². The molecule has 0 saturated heterocycles. The average molecular weight is 530 g/mol. The van der Waals surface area contributed by atoms with E-state index < -0.39 is 0 Å². The Kier molecular flexibility index (Phi) is 8.44. The molecule has 0 aromatic rings. The van der Waals surface area contributed by atoms with Gasteiger partial charge in [-0.15, -0.1) is 5.16 Å². The molecule has 0 bridgehead atoms. The molecular formula is C31H47NO6. The van der Waals surface area contributed by atoms with Crippen molar-refractivity contribution in [1.29, 1.82) is 0 Å². The number of fused-ring (bicyclic) bond motifs is 5. The van der Waals surface area contributed by atoms with E-state index in [1.54, 1.807) is 0 Å². The van der Waals surface area contributed by atoms with E-state index >= 15 is 0 Å². The van der Waals surface area contributed by atoms with E-state index in [0.29, 0.717) is 30.6 Å². The summed E-state index contributed by atoms with van der Waals surface area (Å²) in [4.78, 5) is 37.2. The maximum Gasteiger partial charge on any atom is 0.302 e. The molecule has 0 unspecified atom stereocenters. The Morgan fingerprint density at radius 2 is 1.82 bits per heavy atom. The minimum Gasteiger partial charge on any atom is -0.462 e. The van der Waals surface area contributed by atoms with Crippen LogP contribution in [0.4, 0.5) is 0 Å². The molecule has 1 N–H and O–H groups in total. The first-order valence-electron chi connectivity index (χ1n) is 14.6. The van der Waals surface area contributed by atoms with Gasteiger partial charge in [-0.2, -0.15) is 0 Å². The van der Waals surface area contributed by atoms with Crippen LogP contribution in [0.1, 0.15) is 99.3 Å². The Morgan fingerprint density at radius 1 is 1.11 bits per heavy atom. The number of allylic oxidation sites excluding steroid dienone is 1. The van der Waals surface area contributed by atoms with Crippen molar-refractivity contribution < 1.29 is 29.1 Å². The molecule has 0 aromatic heterocycles. The summed E-state index contributed by atoms with van der Waals surface area (Å²) in [5, 5.41) is 11.9. The third-order valence-corrected chi connectivity index (χ3v) is 11.0. The Morgan fingerprint density at radius 3 is 2.47 bits per heavy atom. The number of carbonyl (C=O) groups is 3. The fourth-order valence-corrected chi connectivity index (χ4v) is 9.20. The highest BCUT2D eigenvalue weighted by molar-refractivity contribution is 5.81. The highest BCUT2D eigenvalue weighted by Crippen LogP contribution is 2.67. The van der Waals surface area contributed by atoms with Crippen molar-refractivity contribution in [1.82, 2.24) is 0 Å². The summed E-state index contributed by atoms with van der Waals surface area (Å²) < 4.78 is 11.6. The predicted molar refractivity (Wildman–Crippen MR) is 145 cm³/mol. The maximum atomic E-state index is 13.4. The number of carbonyl (C=O) groups excluding carboxylic acids is 3. The van der Waals surface area contributed by atoms with E-state index in [1.807, 2.05) is 13.8 Å². The molecule has 0 heterocycles. The molecule has 0 amide bonds. The zero-order valence-corrected chi connectivity index (χ0v) is 24.1. The first-order chi connectivity index (χ1) is 17.9. The van der Waals surface area contributed by atoms with Crippen LogP contribution in [-0.2, 0) is 23.9 Å². The molecule has 4 rings (SSSR count). The lowest BCUT2D eigenvalue weighted by Gasteiger charge is -2.58. The first-order valence-corrected chi connectivity index (χ1v) is 14.6. The van der Waals surface area contributed by atoms with E-state index in [4.69, 9.17) is 14.7 Å². The number of ketones is 1. The first kappa shape index (κ1) is 28.8. The van der Waals surface area contributed by atoms with Crippen molar-refractivity contribution >= 4 is 23.9 Å². The maximum absolute atomic E-state index is 13.4. The lowest BCUT2D eigenvalue weighted by Crippen LogP contribution is -2.51. The van der Waals surface area contributed by atoms with Crippen LogP contribution < -0.4 is 0 Å². The van der Waals surface area contributed by atoms with E-state index in [9.17, 15) is 14.4 Å². The summed E-state index contributed by atoms with van der Waals surface area (Å²) in [5.74, 6) is 1.02. The zero-order chi connectivity index (χ0) is 27.8. The van der Waals surface area contributed by atoms with Gasteiger partial charge in [0, 0.05) is 44.7 Å². The Hall–Kier alpha value is -2.18. The third kappa shape index (κ3) is 5.31. The van der Waals surface area contributed by atoms with Crippen LogP contribution in [0.5, 0.6) is 0 Å². The van der Waals surface area contributed by atoms with Crippen LogP contribution in [0.2, 0.25) is 0 Å². The van der Waals surface area contributed by atoms with Crippen LogP contribution in [0.3, 0.4) is 0 Å². The number of esters is 2. The number of nitrogens with zero attached hydrogens (tertiary/aromatic N) is 1. The number of oxime groups is 1. The smallest absolute Gasteiger partial charge is 0.302 e. The number of ether oxygens (including phenoxy) is 2. The molecule has 212 valence electrons. The molecule has 0 spiro atoms. The van der Waals surface area contributed by atoms with Gasteiger partial charge in [-0.1, -0.05) is 39.3 Å². The molecule has 0 radical (unpaired) electrons. The minimum atomic E-state index is -0.271. The number of hydrogen-bond acceptors (Lipinski definition) is 7. The lowest BCUT2D eigenvalue weighted by molar-refractivity contribution is -0.153. The molecule has 10 atom stereocenters. The third-order valence-electron chi connectivity index (χ3n) is 11.0. The van der Waals surface area contributed by atoms with E-state index in [0.717, 1.165) is 44.9 Å². The minimum absolute atomic E-state index is 0.00421.